The first-order valence-electron chi connectivity index (χ1n) is 3.11. The Morgan fingerprint density at radius 3 is 2.33 bits per heavy atom. The standard InChI is InChI=1S/C7H5Br3N2/c8-7(11-9)12(10)6-4-2-1-3-5-6/h1-5H. The Morgan fingerprint density at radius 2 is 1.83 bits per heavy atom. The van der Waals surface area contributed by atoms with Crippen LogP contribution in [-0.4, -0.2) is 4.74 Å². The van der Waals surface area contributed by atoms with Gasteiger partial charge in [0.2, 0.25) is 0 Å². The Hall–Kier alpha value is 0.130. The predicted molar refractivity (Wildman–Crippen MR) is 63.1 cm³/mol. The predicted octanol–water partition coefficient (Wildman–Crippen LogP) is 3.86. The number of amidine groups is 1. The first-order chi connectivity index (χ1) is 5.75. The van der Waals surface area contributed by atoms with E-state index in [1.54, 1.807) is 3.93 Å². The van der Waals surface area contributed by atoms with Crippen molar-refractivity contribution in [3.63, 3.8) is 0 Å². The van der Waals surface area contributed by atoms with E-state index in [1.165, 1.54) is 0 Å². The van der Waals surface area contributed by atoms with Crippen LogP contribution < -0.4 is 3.93 Å². The number of halogens is 3. The molecule has 0 spiro atoms. The summed E-state index contributed by atoms with van der Waals surface area (Å²) >= 11 is 9.58. The fourth-order valence-electron chi connectivity index (χ4n) is 0.699. The molecule has 0 aromatic heterocycles. The Kier molecular flexibility index (Phi) is 4.25. The van der Waals surface area contributed by atoms with Crippen LogP contribution >= 0.6 is 48.2 Å². The number of rotatable bonds is 1. The number of anilines is 1. The largest absolute Gasteiger partial charge is 0.254 e. The maximum absolute atomic E-state index is 3.79. The van der Waals surface area contributed by atoms with Crippen LogP contribution in [0, 0.1) is 0 Å². The lowest BCUT2D eigenvalue weighted by Crippen LogP contribution is -2.12. The van der Waals surface area contributed by atoms with E-state index in [0.717, 1.165) is 5.69 Å². The molecule has 0 heterocycles. The normalized spacial score (nSPS) is 11.4. The molecule has 0 radical (unpaired) electrons. The molecule has 12 heavy (non-hydrogen) atoms. The van der Waals surface area contributed by atoms with Gasteiger partial charge in [-0.15, -0.1) is 0 Å². The van der Waals surface area contributed by atoms with Gasteiger partial charge in [0.15, 0.2) is 4.74 Å². The van der Waals surface area contributed by atoms with E-state index in [4.69, 9.17) is 0 Å². The van der Waals surface area contributed by atoms with E-state index in [2.05, 4.69) is 52.2 Å². The van der Waals surface area contributed by atoms with Gasteiger partial charge in [0.05, 0.1) is 38.0 Å². The van der Waals surface area contributed by atoms with Crippen LogP contribution in [0.3, 0.4) is 0 Å². The Morgan fingerprint density at radius 1 is 1.25 bits per heavy atom. The van der Waals surface area contributed by atoms with Crippen molar-refractivity contribution in [3.05, 3.63) is 30.3 Å². The number of hydrogen-bond acceptors (Lipinski definition) is 1. The zero-order valence-corrected chi connectivity index (χ0v) is 10.7. The lowest BCUT2D eigenvalue weighted by atomic mass is 10.3. The summed E-state index contributed by atoms with van der Waals surface area (Å²) < 4.78 is 6.19. The molecular formula is C7H5Br3N2. The molecule has 0 atom stereocenters. The maximum atomic E-state index is 3.79. The van der Waals surface area contributed by atoms with Gasteiger partial charge in [-0.3, -0.25) is 3.93 Å². The Balaban J connectivity index is 2.86. The lowest BCUT2D eigenvalue weighted by Gasteiger charge is -2.12. The van der Waals surface area contributed by atoms with Crippen LogP contribution in [0.4, 0.5) is 5.69 Å². The topological polar surface area (TPSA) is 15.6 Å². The molecule has 1 aromatic rings. The summed E-state index contributed by atoms with van der Waals surface area (Å²) in [5.74, 6) is 0. The second-order valence-electron chi connectivity index (χ2n) is 1.97. The summed E-state index contributed by atoms with van der Waals surface area (Å²) in [6.07, 6.45) is 0. The second-order valence-corrected chi connectivity index (χ2v) is 3.74. The molecule has 2 nitrogen and oxygen atoms in total. The van der Waals surface area contributed by atoms with Crippen molar-refractivity contribution in [1.29, 1.82) is 0 Å². The molecule has 0 aliphatic heterocycles. The number of para-hydroxylation sites is 1. The average molecular weight is 357 g/mol. The minimum absolute atomic E-state index is 0.661. The molecule has 0 fully saturated rings. The van der Waals surface area contributed by atoms with Crippen molar-refractivity contribution in [1.82, 2.24) is 0 Å². The summed E-state index contributed by atoms with van der Waals surface area (Å²) in [6.45, 7) is 0. The molecule has 0 unspecified atom stereocenters. The third-order valence-corrected chi connectivity index (χ3v) is 3.78. The van der Waals surface area contributed by atoms with E-state index in [9.17, 15) is 0 Å². The smallest absolute Gasteiger partial charge is 0.195 e. The van der Waals surface area contributed by atoms with Crippen molar-refractivity contribution in [3.8, 4) is 0 Å². The fraction of sp³-hybridized carbons (Fsp3) is 0. The van der Waals surface area contributed by atoms with Crippen LogP contribution in [0.25, 0.3) is 0 Å². The Bertz CT molecular complexity index is 273. The minimum Gasteiger partial charge on any atom is -0.254 e. The molecule has 0 N–H and O–H groups in total. The number of nitrogens with zero attached hydrogens (tertiary/aromatic N) is 2. The molecule has 0 bridgehead atoms. The summed E-state index contributed by atoms with van der Waals surface area (Å²) in [6, 6.07) is 9.81. The molecule has 5 heteroatoms. The highest BCUT2D eigenvalue weighted by Gasteiger charge is 2.05. The van der Waals surface area contributed by atoms with Gasteiger partial charge >= 0.3 is 0 Å². The lowest BCUT2D eigenvalue weighted by molar-refractivity contribution is 1.56. The maximum Gasteiger partial charge on any atom is 0.195 e. The zero-order valence-electron chi connectivity index (χ0n) is 5.92. The average Bonchev–Trinajstić information content (AvgIpc) is 2.17. The van der Waals surface area contributed by atoms with Gasteiger partial charge in [-0.05, 0) is 28.1 Å². The quantitative estimate of drug-likeness (QED) is 0.323. The molecule has 1 rings (SSSR count). The Labute approximate surface area is 96.5 Å². The number of benzene rings is 1. The second kappa shape index (κ2) is 4.99. The summed E-state index contributed by atoms with van der Waals surface area (Å²) in [4.78, 5) is 0. The van der Waals surface area contributed by atoms with Gasteiger partial charge in [0, 0.05) is 0 Å². The molecule has 0 saturated heterocycles. The van der Waals surface area contributed by atoms with Gasteiger partial charge in [0.25, 0.3) is 0 Å². The van der Waals surface area contributed by atoms with Gasteiger partial charge in [-0.1, -0.05) is 18.2 Å². The fourth-order valence-corrected chi connectivity index (χ4v) is 1.59. The van der Waals surface area contributed by atoms with Crippen LogP contribution in [-0.2, 0) is 0 Å². The van der Waals surface area contributed by atoms with Crippen LogP contribution in [0.1, 0.15) is 0 Å². The van der Waals surface area contributed by atoms with Gasteiger partial charge in [-0.25, -0.2) is 0 Å². The van der Waals surface area contributed by atoms with Crippen molar-refractivity contribution in [2.24, 2.45) is 4.02 Å². The molecule has 1 aromatic carbocycles. The van der Waals surface area contributed by atoms with E-state index in [-0.39, 0.29) is 0 Å². The highest BCUT2D eigenvalue weighted by Crippen LogP contribution is 2.20. The molecule has 0 aliphatic rings. The molecular weight excluding hydrogens is 352 g/mol. The minimum atomic E-state index is 0.661. The highest BCUT2D eigenvalue weighted by atomic mass is 79.9. The van der Waals surface area contributed by atoms with Crippen molar-refractivity contribution in [2.45, 2.75) is 0 Å². The van der Waals surface area contributed by atoms with E-state index >= 15 is 0 Å². The first kappa shape index (κ1) is 10.2. The van der Waals surface area contributed by atoms with E-state index < -0.39 is 0 Å². The van der Waals surface area contributed by atoms with E-state index in [1.807, 2.05) is 30.3 Å². The van der Waals surface area contributed by atoms with Crippen molar-refractivity contribution in [2.75, 3.05) is 3.93 Å². The summed E-state index contributed by atoms with van der Waals surface area (Å²) in [5.41, 5.74) is 1.01. The third kappa shape index (κ3) is 2.57. The van der Waals surface area contributed by atoms with Crippen molar-refractivity contribution >= 4 is 58.7 Å². The van der Waals surface area contributed by atoms with Gasteiger partial charge in [0.1, 0.15) is 0 Å². The van der Waals surface area contributed by atoms with Crippen LogP contribution in [0.2, 0.25) is 0 Å². The van der Waals surface area contributed by atoms with Crippen molar-refractivity contribution < 1.29 is 0 Å². The first-order valence-corrected chi connectivity index (χ1v) is 5.32. The molecule has 0 aliphatic carbocycles. The summed E-state index contributed by atoms with van der Waals surface area (Å²) in [7, 11) is 0. The SMILES string of the molecule is BrN=C(Br)N(Br)c1ccccc1. The third-order valence-electron chi connectivity index (χ3n) is 1.21. The molecule has 0 saturated carbocycles. The van der Waals surface area contributed by atoms with Gasteiger partial charge < -0.3 is 0 Å². The van der Waals surface area contributed by atoms with Gasteiger partial charge in [-0.2, -0.15) is 4.02 Å². The monoisotopic (exact) mass is 354 g/mol. The van der Waals surface area contributed by atoms with Crippen LogP contribution in [0.5, 0.6) is 0 Å². The number of hydrogen-bond donors (Lipinski definition) is 0. The molecule has 64 valence electrons. The van der Waals surface area contributed by atoms with E-state index in [0.29, 0.717) is 4.74 Å². The molecule has 0 amide bonds. The highest BCUT2D eigenvalue weighted by molar-refractivity contribution is 9.20. The zero-order chi connectivity index (χ0) is 8.97. The summed E-state index contributed by atoms with van der Waals surface area (Å²) in [5, 5.41) is 0. The van der Waals surface area contributed by atoms with Crippen LogP contribution in [0.15, 0.2) is 34.4 Å².